The Morgan fingerprint density at radius 3 is 2.38 bits per heavy atom. The van der Waals surface area contributed by atoms with Crippen molar-refractivity contribution in [2.24, 2.45) is 0 Å². The van der Waals surface area contributed by atoms with Gasteiger partial charge in [0.25, 0.3) is 0 Å². The van der Waals surface area contributed by atoms with Crippen molar-refractivity contribution in [2.75, 3.05) is 0 Å². The van der Waals surface area contributed by atoms with Gasteiger partial charge in [-0.05, 0) is 39.9 Å². The number of nitrogens with zero attached hydrogens (tertiary/aromatic N) is 2. The molecule has 0 saturated carbocycles. The minimum Gasteiger partial charge on any atom is -0.264 e. The van der Waals surface area contributed by atoms with Crippen molar-refractivity contribution in [3.05, 3.63) is 73.3 Å². The minimum atomic E-state index is 0. The molecular weight excluding hydrogens is 267 g/mol. The summed E-state index contributed by atoms with van der Waals surface area (Å²) >= 11 is 0. The fourth-order valence-electron chi connectivity index (χ4n) is 2.71. The molecule has 0 bridgehead atoms. The third-order valence-electron chi connectivity index (χ3n) is 3.63. The molecule has 0 fully saturated rings. The molecule has 0 saturated heterocycles. The average Bonchev–Trinajstić information content (AvgIpc) is 2.55. The number of hydrogen-bond donors (Lipinski definition) is 0. The van der Waals surface area contributed by atoms with E-state index in [0.717, 1.165) is 5.56 Å². The summed E-state index contributed by atoms with van der Waals surface area (Å²) in [6.45, 7) is 0. The van der Waals surface area contributed by atoms with E-state index in [1.165, 1.54) is 27.1 Å². The molecule has 2 aromatic heterocycles. The van der Waals surface area contributed by atoms with Crippen LogP contribution in [0.15, 0.2) is 73.3 Å². The molecule has 0 aliphatic rings. The van der Waals surface area contributed by atoms with Gasteiger partial charge in [-0.1, -0.05) is 30.3 Å². The van der Waals surface area contributed by atoms with Gasteiger partial charge in [0.1, 0.15) is 0 Å². The van der Waals surface area contributed by atoms with E-state index in [4.69, 9.17) is 0 Å². The van der Waals surface area contributed by atoms with Crippen molar-refractivity contribution in [2.45, 2.75) is 0 Å². The van der Waals surface area contributed by atoms with Gasteiger partial charge in [0.2, 0.25) is 0 Å². The maximum absolute atomic E-state index is 4.28. The van der Waals surface area contributed by atoms with Crippen molar-refractivity contribution in [1.29, 1.82) is 0 Å². The molecule has 0 spiro atoms. The summed E-state index contributed by atoms with van der Waals surface area (Å²) in [4.78, 5) is 8.51. The van der Waals surface area contributed by atoms with Crippen molar-refractivity contribution in [3.63, 3.8) is 0 Å². The van der Waals surface area contributed by atoms with Gasteiger partial charge in [-0.15, -0.1) is 0 Å². The molecule has 0 aliphatic heterocycles. The van der Waals surface area contributed by atoms with E-state index >= 15 is 0 Å². The molecule has 0 aliphatic carbocycles. The predicted molar refractivity (Wildman–Crippen MR) is 89.6 cm³/mol. The van der Waals surface area contributed by atoms with Crippen molar-refractivity contribution >= 4 is 51.1 Å². The van der Waals surface area contributed by atoms with Gasteiger partial charge < -0.3 is 0 Å². The van der Waals surface area contributed by atoms with Crippen LogP contribution in [0.5, 0.6) is 0 Å². The van der Waals surface area contributed by atoms with Crippen LogP contribution in [0, 0.1) is 0 Å². The first-order chi connectivity index (χ1) is 9.93. The monoisotopic (exact) mass is 280 g/mol. The van der Waals surface area contributed by atoms with E-state index in [9.17, 15) is 0 Å². The Morgan fingerprint density at radius 1 is 0.667 bits per heavy atom. The average molecular weight is 280 g/mol. The van der Waals surface area contributed by atoms with E-state index in [2.05, 4.69) is 52.4 Å². The zero-order valence-electron chi connectivity index (χ0n) is 10.8. The molecule has 4 aromatic rings. The molecule has 0 amide bonds. The van der Waals surface area contributed by atoms with Crippen LogP contribution >= 0.6 is 0 Å². The van der Waals surface area contributed by atoms with Crippen molar-refractivity contribution in [3.8, 4) is 11.1 Å². The van der Waals surface area contributed by atoms with E-state index < -0.39 is 0 Å². The topological polar surface area (TPSA) is 25.8 Å². The predicted octanol–water partition coefficient (Wildman–Crippen LogP) is 3.80. The second-order valence-corrected chi connectivity index (χ2v) is 4.81. The fraction of sp³-hybridized carbons (Fsp3) is 0. The van der Waals surface area contributed by atoms with Gasteiger partial charge in [0, 0.05) is 35.7 Å². The third kappa shape index (κ3) is 2.46. The summed E-state index contributed by atoms with van der Waals surface area (Å²) in [6, 6.07) is 16.8. The van der Waals surface area contributed by atoms with Crippen molar-refractivity contribution in [1.82, 2.24) is 9.97 Å². The van der Waals surface area contributed by atoms with Gasteiger partial charge in [0.05, 0.1) is 0 Å². The van der Waals surface area contributed by atoms with Crippen LogP contribution in [0.25, 0.3) is 32.7 Å². The summed E-state index contributed by atoms with van der Waals surface area (Å²) in [5, 5.41) is 4.87. The number of benzene rings is 2. The summed E-state index contributed by atoms with van der Waals surface area (Å²) < 4.78 is 0. The maximum atomic E-state index is 4.28. The molecule has 0 unspecified atom stereocenters. The number of hydrogen-bond acceptors (Lipinski definition) is 2. The van der Waals surface area contributed by atoms with Crippen LogP contribution in [0.4, 0.5) is 0 Å². The molecule has 0 atom stereocenters. The maximum Gasteiger partial charge on any atom is 0.0352 e. The van der Waals surface area contributed by atoms with E-state index in [1.54, 1.807) is 6.20 Å². The first kappa shape index (κ1) is 14.2. The van der Waals surface area contributed by atoms with Crippen LogP contribution < -0.4 is 0 Å². The molecule has 21 heavy (non-hydrogen) atoms. The van der Waals surface area contributed by atoms with Crippen LogP contribution in [-0.4, -0.2) is 39.5 Å². The molecule has 4 rings (SSSR count). The van der Waals surface area contributed by atoms with Gasteiger partial charge in [-0.3, -0.25) is 9.97 Å². The van der Waals surface area contributed by atoms with Crippen LogP contribution in [0.1, 0.15) is 0 Å². The first-order valence-corrected chi connectivity index (χ1v) is 6.59. The number of rotatable bonds is 1. The number of fused-ring (bicyclic) bond motifs is 3. The Morgan fingerprint density at radius 2 is 1.52 bits per heavy atom. The molecule has 2 nitrogen and oxygen atoms in total. The Hall–Kier alpha value is -1.74. The second-order valence-electron chi connectivity index (χ2n) is 4.81. The molecule has 2 aromatic carbocycles. The Labute approximate surface area is 145 Å². The van der Waals surface area contributed by atoms with Gasteiger partial charge >= 0.3 is 29.6 Å². The standard InChI is InChI=1S/C18H12N2.Na.H/c1-2-6-15-13(4-1)10-17(14-5-3-8-19-11-14)16-7-9-20-12-18(15)16;;/h1-12H;;. The molecule has 96 valence electrons. The normalized spacial score (nSPS) is 10.5. The third-order valence-corrected chi connectivity index (χ3v) is 3.63. The molecule has 0 radical (unpaired) electrons. The zero-order valence-corrected chi connectivity index (χ0v) is 10.8. The zero-order chi connectivity index (χ0) is 13.4. The van der Waals surface area contributed by atoms with Gasteiger partial charge in [0.15, 0.2) is 0 Å². The van der Waals surface area contributed by atoms with E-state index in [1.807, 2.05) is 24.7 Å². The fourth-order valence-corrected chi connectivity index (χ4v) is 2.71. The summed E-state index contributed by atoms with van der Waals surface area (Å²) in [6.07, 6.45) is 7.49. The van der Waals surface area contributed by atoms with Crippen LogP contribution in [-0.2, 0) is 0 Å². The van der Waals surface area contributed by atoms with E-state index in [0.29, 0.717) is 0 Å². The Kier molecular flexibility index (Phi) is 4.02. The first-order valence-electron chi connectivity index (χ1n) is 6.59. The molecule has 0 N–H and O–H groups in total. The van der Waals surface area contributed by atoms with Crippen molar-refractivity contribution < 1.29 is 0 Å². The van der Waals surface area contributed by atoms with Gasteiger partial charge in [-0.25, -0.2) is 0 Å². The molecule has 3 heteroatoms. The molecule has 2 heterocycles. The smallest absolute Gasteiger partial charge is 0.0352 e. The summed E-state index contributed by atoms with van der Waals surface area (Å²) in [5.74, 6) is 0. The van der Waals surface area contributed by atoms with Crippen LogP contribution in [0.2, 0.25) is 0 Å². The van der Waals surface area contributed by atoms with Crippen LogP contribution in [0.3, 0.4) is 0 Å². The number of aromatic nitrogens is 2. The minimum absolute atomic E-state index is 0. The SMILES string of the molecule is [NaH].c1cncc(-c2cc3ccccc3c3cnccc23)c1. The largest absolute Gasteiger partial charge is 0.264 e. The summed E-state index contributed by atoms with van der Waals surface area (Å²) in [7, 11) is 0. The van der Waals surface area contributed by atoms with E-state index in [-0.39, 0.29) is 29.6 Å². The second kappa shape index (κ2) is 5.94. The Balaban J connectivity index is 0.00000132. The number of pyridine rings is 2. The summed E-state index contributed by atoms with van der Waals surface area (Å²) in [5.41, 5.74) is 2.34. The molecular formula is C18H13N2Na. The Bertz CT molecular complexity index is 904. The van der Waals surface area contributed by atoms with Gasteiger partial charge in [-0.2, -0.15) is 0 Å². The quantitative estimate of drug-likeness (QED) is 0.391.